The van der Waals surface area contributed by atoms with Crippen LogP contribution in [0.15, 0.2) is 52.7 Å². The summed E-state index contributed by atoms with van der Waals surface area (Å²) in [6.45, 7) is 7.27. The SMILES string of the molecule is Cc1ccc2c(c1)c(N=NC(=O)CCCCCNC(=O)c1ccccc1Cl)c(O)n2CC(C)C. The van der Waals surface area contributed by atoms with Crippen LogP contribution in [0.5, 0.6) is 5.88 Å². The first-order chi connectivity index (χ1) is 16.3. The summed E-state index contributed by atoms with van der Waals surface area (Å²) in [4.78, 5) is 24.4. The van der Waals surface area contributed by atoms with Crippen molar-refractivity contribution in [2.45, 2.75) is 53.0 Å². The summed E-state index contributed by atoms with van der Waals surface area (Å²) in [5, 5.41) is 22.7. The number of carbonyl (C=O) groups excluding carboxylic acids is 2. The molecule has 34 heavy (non-hydrogen) atoms. The van der Waals surface area contributed by atoms with Crippen molar-refractivity contribution < 1.29 is 14.7 Å². The van der Waals surface area contributed by atoms with E-state index >= 15 is 0 Å². The van der Waals surface area contributed by atoms with Gasteiger partial charge in [-0.2, -0.15) is 0 Å². The molecule has 0 bridgehead atoms. The molecule has 8 heteroatoms. The van der Waals surface area contributed by atoms with Crippen LogP contribution in [0.2, 0.25) is 5.02 Å². The predicted octanol–water partition coefficient (Wildman–Crippen LogP) is 6.57. The van der Waals surface area contributed by atoms with Crippen LogP contribution in [-0.4, -0.2) is 28.0 Å². The van der Waals surface area contributed by atoms with E-state index in [4.69, 9.17) is 11.6 Å². The van der Waals surface area contributed by atoms with E-state index in [2.05, 4.69) is 29.4 Å². The molecule has 0 radical (unpaired) electrons. The number of carbonyl (C=O) groups is 2. The largest absolute Gasteiger partial charge is 0.493 e. The van der Waals surface area contributed by atoms with Crippen molar-refractivity contribution >= 4 is 40.0 Å². The zero-order chi connectivity index (χ0) is 24.7. The average Bonchev–Trinajstić information content (AvgIpc) is 3.04. The molecule has 0 atom stereocenters. The second kappa shape index (κ2) is 11.8. The van der Waals surface area contributed by atoms with E-state index in [0.29, 0.717) is 41.7 Å². The first kappa shape index (κ1) is 25.4. The summed E-state index contributed by atoms with van der Waals surface area (Å²) in [7, 11) is 0. The number of aromatic hydroxyl groups is 1. The predicted molar refractivity (Wildman–Crippen MR) is 135 cm³/mol. The Morgan fingerprint density at radius 2 is 1.88 bits per heavy atom. The van der Waals surface area contributed by atoms with Crippen LogP contribution in [0.25, 0.3) is 10.9 Å². The minimum atomic E-state index is -0.336. The zero-order valence-corrected chi connectivity index (χ0v) is 20.6. The second-order valence-electron chi connectivity index (χ2n) is 8.84. The Kier molecular flexibility index (Phi) is 8.82. The number of hydrogen-bond donors (Lipinski definition) is 2. The standard InChI is InChI=1S/C26H31ClN4O3/c1-17(2)16-31-22-13-12-18(3)15-20(22)24(26(31)34)30-29-23(32)11-5-4-8-14-28-25(33)19-9-6-7-10-21(19)27/h6-7,9-10,12-13,15,17,34H,4-5,8,11,14,16H2,1-3H3,(H,28,33). The summed E-state index contributed by atoms with van der Waals surface area (Å²) in [6.07, 6.45) is 2.40. The molecule has 7 nitrogen and oxygen atoms in total. The summed E-state index contributed by atoms with van der Waals surface area (Å²) in [5.74, 6) is -0.178. The lowest BCUT2D eigenvalue weighted by molar-refractivity contribution is -0.118. The molecule has 0 fully saturated rings. The van der Waals surface area contributed by atoms with Crippen molar-refractivity contribution in [1.82, 2.24) is 9.88 Å². The Morgan fingerprint density at radius 3 is 2.62 bits per heavy atom. The number of nitrogens with zero attached hydrogens (tertiary/aromatic N) is 3. The number of azo groups is 1. The van der Waals surface area contributed by atoms with E-state index in [1.807, 2.05) is 29.7 Å². The minimum absolute atomic E-state index is 0.0279. The van der Waals surface area contributed by atoms with Crippen LogP contribution in [0.4, 0.5) is 5.69 Å². The third kappa shape index (κ3) is 6.44. The molecule has 180 valence electrons. The maximum Gasteiger partial charge on any atom is 0.264 e. The molecule has 1 aromatic heterocycles. The van der Waals surface area contributed by atoms with E-state index in [9.17, 15) is 14.7 Å². The van der Waals surface area contributed by atoms with E-state index in [-0.39, 0.29) is 24.1 Å². The number of rotatable bonds is 10. The summed E-state index contributed by atoms with van der Waals surface area (Å²) < 4.78 is 1.81. The summed E-state index contributed by atoms with van der Waals surface area (Å²) in [5.41, 5.74) is 2.69. The van der Waals surface area contributed by atoms with E-state index in [1.165, 1.54) is 0 Å². The van der Waals surface area contributed by atoms with Crippen LogP contribution in [0.3, 0.4) is 0 Å². The topological polar surface area (TPSA) is 96.1 Å². The number of amides is 2. The van der Waals surface area contributed by atoms with Gasteiger partial charge in [0.15, 0.2) is 5.69 Å². The quantitative estimate of drug-likeness (QED) is 0.253. The number of unbranched alkanes of at least 4 members (excludes halogenated alkanes) is 2. The lowest BCUT2D eigenvalue weighted by atomic mass is 10.1. The Bertz CT molecular complexity index is 1200. The Hall–Kier alpha value is -3.19. The van der Waals surface area contributed by atoms with Gasteiger partial charge in [-0.3, -0.25) is 9.59 Å². The highest BCUT2D eigenvalue weighted by atomic mass is 35.5. The highest BCUT2D eigenvalue weighted by molar-refractivity contribution is 6.33. The summed E-state index contributed by atoms with van der Waals surface area (Å²) >= 11 is 6.03. The lowest BCUT2D eigenvalue weighted by Crippen LogP contribution is -2.24. The zero-order valence-electron chi connectivity index (χ0n) is 19.8. The van der Waals surface area contributed by atoms with Gasteiger partial charge in [0.1, 0.15) is 0 Å². The Labute approximate surface area is 204 Å². The van der Waals surface area contributed by atoms with E-state index < -0.39 is 0 Å². The van der Waals surface area contributed by atoms with Gasteiger partial charge < -0.3 is 15.0 Å². The molecule has 1 heterocycles. The van der Waals surface area contributed by atoms with Crippen molar-refractivity contribution in [3.63, 3.8) is 0 Å². The molecule has 0 unspecified atom stereocenters. The molecule has 0 saturated heterocycles. The normalized spacial score (nSPS) is 11.6. The van der Waals surface area contributed by atoms with Gasteiger partial charge in [0.2, 0.25) is 5.88 Å². The lowest BCUT2D eigenvalue weighted by Gasteiger charge is -2.09. The smallest absolute Gasteiger partial charge is 0.264 e. The molecule has 0 saturated carbocycles. The molecular weight excluding hydrogens is 452 g/mol. The molecule has 0 aliphatic carbocycles. The van der Waals surface area contributed by atoms with Crippen LogP contribution < -0.4 is 5.32 Å². The van der Waals surface area contributed by atoms with Crippen LogP contribution >= 0.6 is 11.6 Å². The minimum Gasteiger partial charge on any atom is -0.493 e. The monoisotopic (exact) mass is 482 g/mol. The van der Waals surface area contributed by atoms with Crippen LogP contribution in [0, 0.1) is 12.8 Å². The van der Waals surface area contributed by atoms with Crippen LogP contribution in [0.1, 0.15) is 55.5 Å². The molecule has 2 N–H and O–H groups in total. The van der Waals surface area contributed by atoms with Gasteiger partial charge in [-0.1, -0.05) is 55.6 Å². The van der Waals surface area contributed by atoms with Gasteiger partial charge in [0.05, 0.1) is 16.1 Å². The number of nitrogens with one attached hydrogen (secondary N) is 1. The highest BCUT2D eigenvalue weighted by Gasteiger charge is 2.18. The molecular formula is C26H31ClN4O3. The van der Waals surface area contributed by atoms with E-state index in [1.54, 1.807) is 24.3 Å². The number of hydrogen-bond acceptors (Lipinski definition) is 4. The number of fused-ring (bicyclic) bond motifs is 1. The molecule has 2 amide bonds. The average molecular weight is 483 g/mol. The molecule has 2 aromatic carbocycles. The first-order valence-electron chi connectivity index (χ1n) is 11.6. The van der Waals surface area contributed by atoms with Crippen LogP contribution in [-0.2, 0) is 11.3 Å². The van der Waals surface area contributed by atoms with Gasteiger partial charge in [0.25, 0.3) is 11.8 Å². The van der Waals surface area contributed by atoms with Crippen molar-refractivity contribution in [3.05, 3.63) is 58.6 Å². The van der Waals surface area contributed by atoms with Gasteiger partial charge >= 0.3 is 0 Å². The third-order valence-electron chi connectivity index (χ3n) is 5.45. The second-order valence-corrected chi connectivity index (χ2v) is 9.24. The van der Waals surface area contributed by atoms with Gasteiger partial charge in [-0.25, -0.2) is 0 Å². The molecule has 0 aliphatic heterocycles. The molecule has 3 rings (SSSR count). The summed E-state index contributed by atoms with van der Waals surface area (Å²) in [6, 6.07) is 12.8. The number of halogens is 1. The third-order valence-corrected chi connectivity index (χ3v) is 5.78. The maximum absolute atomic E-state index is 12.2. The van der Waals surface area contributed by atoms with Gasteiger partial charge in [-0.05, 0) is 49.9 Å². The molecule has 0 spiro atoms. The van der Waals surface area contributed by atoms with Gasteiger partial charge in [0, 0.05) is 24.9 Å². The van der Waals surface area contributed by atoms with Crippen molar-refractivity contribution in [3.8, 4) is 5.88 Å². The number of benzene rings is 2. The van der Waals surface area contributed by atoms with Gasteiger partial charge in [-0.15, -0.1) is 10.2 Å². The van der Waals surface area contributed by atoms with E-state index in [0.717, 1.165) is 29.3 Å². The van der Waals surface area contributed by atoms with Crippen molar-refractivity contribution in [2.75, 3.05) is 6.54 Å². The first-order valence-corrected chi connectivity index (χ1v) is 11.9. The molecule has 0 aliphatic rings. The van der Waals surface area contributed by atoms with Crippen molar-refractivity contribution in [2.24, 2.45) is 16.1 Å². The number of aryl methyl sites for hydroxylation is 1. The Morgan fingerprint density at radius 1 is 1.12 bits per heavy atom. The Balaban J connectivity index is 1.50. The maximum atomic E-state index is 12.2. The molecule has 3 aromatic rings. The number of aromatic nitrogens is 1. The van der Waals surface area contributed by atoms with Crippen molar-refractivity contribution in [1.29, 1.82) is 0 Å². The fraction of sp³-hybridized carbons (Fsp3) is 0.385. The fourth-order valence-electron chi connectivity index (χ4n) is 3.76. The highest BCUT2D eigenvalue weighted by Crippen LogP contribution is 2.39. The fourth-order valence-corrected chi connectivity index (χ4v) is 3.98.